The molecule has 1 fully saturated rings. The molecule has 2 aliphatic carbocycles. The monoisotopic (exact) mass is 432 g/mol. The average Bonchev–Trinajstić information content (AvgIpc) is 3.06. The van der Waals surface area contributed by atoms with Crippen molar-refractivity contribution in [3.63, 3.8) is 0 Å². The Morgan fingerprint density at radius 1 is 0.773 bits per heavy atom. The van der Waals surface area contributed by atoms with Crippen molar-refractivity contribution < 1.29 is 51.0 Å². The third-order valence-corrected chi connectivity index (χ3v) is 5.47. The zero-order chi connectivity index (χ0) is 14.1. The Kier molecular flexibility index (Phi) is 20.6. The second-order valence-corrected chi connectivity index (χ2v) is 7.94. The zero-order valence-corrected chi connectivity index (χ0v) is 19.7. The molecule has 3 rings (SSSR count). The normalized spacial score (nSPS) is 17.6. The summed E-state index contributed by atoms with van der Waals surface area (Å²) in [6.07, 6.45) is 15.9. The molecule has 1 aliphatic heterocycles. The van der Waals surface area contributed by atoms with Crippen molar-refractivity contribution in [1.29, 1.82) is 0 Å². The Labute approximate surface area is 171 Å². The van der Waals surface area contributed by atoms with Gasteiger partial charge in [0.2, 0.25) is 0 Å². The number of halogens is 2. The maximum Gasteiger partial charge on any atom is 4.00 e. The van der Waals surface area contributed by atoms with E-state index in [0.717, 1.165) is 12.8 Å². The van der Waals surface area contributed by atoms with E-state index in [1.54, 1.807) is 24.9 Å². The average molecular weight is 435 g/mol. The first kappa shape index (κ1) is 27.5. The summed E-state index contributed by atoms with van der Waals surface area (Å²) < 4.78 is 0. The smallest absolute Gasteiger partial charge is 1.00 e. The van der Waals surface area contributed by atoms with Gasteiger partial charge in [-0.25, -0.2) is 23.3 Å². The molecule has 4 heteroatoms. The molecule has 0 nitrogen and oxygen atoms in total. The largest absolute Gasteiger partial charge is 4.00 e. The van der Waals surface area contributed by atoms with Gasteiger partial charge in [-0.3, -0.25) is 12.2 Å². The maximum atomic E-state index is 3.19. The molecular formula is C18H28Cl2SiZr. The van der Waals surface area contributed by atoms with E-state index < -0.39 is 0 Å². The van der Waals surface area contributed by atoms with E-state index in [4.69, 9.17) is 0 Å². The fourth-order valence-electron chi connectivity index (χ4n) is 2.38. The van der Waals surface area contributed by atoms with Gasteiger partial charge < -0.3 is 24.8 Å². The third kappa shape index (κ3) is 14.2. The van der Waals surface area contributed by atoms with Crippen LogP contribution in [0.5, 0.6) is 0 Å². The van der Waals surface area contributed by atoms with Gasteiger partial charge in [0.1, 0.15) is 0 Å². The van der Waals surface area contributed by atoms with Crippen LogP contribution in [0.4, 0.5) is 0 Å². The standard InChI is InChI=1S/2C7H9.C4H10Si.2ClH.Zr/c2*1-6-3-4-7(2)5-6;1-2-4-5-3-1;;;/h2*5H,3H2,1-2H3;1-5H2;2*1H;/q2*-1;;;;+4/p-2. The molecule has 0 radical (unpaired) electrons. The van der Waals surface area contributed by atoms with Crippen molar-refractivity contribution >= 4 is 9.52 Å². The van der Waals surface area contributed by atoms with E-state index in [1.165, 1.54) is 22.3 Å². The topological polar surface area (TPSA) is 0 Å². The summed E-state index contributed by atoms with van der Waals surface area (Å²) in [6.45, 7) is 8.42. The quantitative estimate of drug-likeness (QED) is 0.338. The summed E-state index contributed by atoms with van der Waals surface area (Å²) in [6, 6.07) is 3.28. The Hall–Kier alpha value is 0.640. The van der Waals surface area contributed by atoms with E-state index >= 15 is 0 Å². The van der Waals surface area contributed by atoms with Crippen LogP contribution >= 0.6 is 0 Å². The molecule has 0 unspecified atom stereocenters. The molecule has 1 saturated heterocycles. The summed E-state index contributed by atoms with van der Waals surface area (Å²) >= 11 is 0. The zero-order valence-electron chi connectivity index (χ0n) is 14.4. The molecule has 122 valence electrons. The molecule has 1 heterocycles. The second-order valence-electron chi connectivity index (χ2n) is 5.82. The van der Waals surface area contributed by atoms with Crippen molar-refractivity contribution in [2.45, 2.75) is 65.5 Å². The van der Waals surface area contributed by atoms with Gasteiger partial charge in [0.15, 0.2) is 0 Å². The van der Waals surface area contributed by atoms with Gasteiger partial charge >= 0.3 is 26.2 Å². The molecule has 0 aromatic carbocycles. The first-order chi connectivity index (χ1) is 9.08. The Morgan fingerprint density at radius 3 is 1.23 bits per heavy atom. The van der Waals surface area contributed by atoms with Crippen molar-refractivity contribution in [3.05, 3.63) is 46.6 Å². The maximum absolute atomic E-state index is 3.19. The van der Waals surface area contributed by atoms with E-state index in [-0.39, 0.29) is 51.0 Å². The van der Waals surface area contributed by atoms with Gasteiger partial charge in [0, 0.05) is 9.52 Å². The van der Waals surface area contributed by atoms with Gasteiger partial charge in [-0.15, -0.1) is 12.8 Å². The predicted octanol–water partition coefficient (Wildman–Crippen LogP) is -1.04. The van der Waals surface area contributed by atoms with Crippen LogP contribution in [0.3, 0.4) is 0 Å². The van der Waals surface area contributed by atoms with E-state index in [0.29, 0.717) is 9.52 Å². The molecule has 0 spiro atoms. The van der Waals surface area contributed by atoms with Gasteiger partial charge in [-0.05, 0) is 0 Å². The Morgan fingerprint density at radius 2 is 1.14 bits per heavy atom. The minimum atomic E-state index is 0. The Bertz CT molecular complexity index is 364. The molecule has 0 N–H and O–H groups in total. The molecule has 0 amide bonds. The first-order valence-corrected chi connectivity index (χ1v) is 9.57. The van der Waals surface area contributed by atoms with Crippen molar-refractivity contribution in [2.24, 2.45) is 0 Å². The number of hydrogen-bond donors (Lipinski definition) is 0. The van der Waals surface area contributed by atoms with Crippen LogP contribution in [-0.2, 0) is 26.2 Å². The van der Waals surface area contributed by atoms with Crippen molar-refractivity contribution in [1.82, 2.24) is 0 Å². The summed E-state index contributed by atoms with van der Waals surface area (Å²) in [7, 11) is 0.543. The molecule has 3 aliphatic rings. The minimum absolute atomic E-state index is 0. The molecule has 0 aromatic heterocycles. The first-order valence-electron chi connectivity index (χ1n) is 7.57. The van der Waals surface area contributed by atoms with E-state index in [2.05, 4.69) is 52.0 Å². The summed E-state index contributed by atoms with van der Waals surface area (Å²) in [5, 5.41) is 0. The minimum Gasteiger partial charge on any atom is -1.00 e. The van der Waals surface area contributed by atoms with Gasteiger partial charge in [0.05, 0.1) is 0 Å². The predicted molar refractivity (Wildman–Crippen MR) is 89.0 cm³/mol. The second kappa shape index (κ2) is 16.5. The third-order valence-electron chi connectivity index (χ3n) is 3.47. The molecular weight excluding hydrogens is 406 g/mol. The molecule has 0 bridgehead atoms. The molecule has 0 aromatic rings. The van der Waals surface area contributed by atoms with Gasteiger partial charge in [-0.1, -0.05) is 52.6 Å². The van der Waals surface area contributed by atoms with E-state index in [9.17, 15) is 0 Å². The Balaban J connectivity index is -0.000000233. The summed E-state index contributed by atoms with van der Waals surface area (Å²) in [5.74, 6) is 0. The van der Waals surface area contributed by atoms with Crippen LogP contribution in [0.2, 0.25) is 12.1 Å². The fourth-order valence-corrected chi connectivity index (χ4v) is 4.15. The van der Waals surface area contributed by atoms with Crippen LogP contribution in [-0.4, -0.2) is 9.52 Å². The number of allylic oxidation sites excluding steroid dienone is 8. The van der Waals surface area contributed by atoms with Crippen LogP contribution in [0.25, 0.3) is 0 Å². The van der Waals surface area contributed by atoms with Gasteiger partial charge in [-0.2, -0.15) is 11.1 Å². The fraction of sp³-hybridized carbons (Fsp3) is 0.556. The molecule has 0 saturated carbocycles. The van der Waals surface area contributed by atoms with Crippen LogP contribution in [0.1, 0.15) is 53.4 Å². The van der Waals surface area contributed by atoms with Crippen LogP contribution < -0.4 is 24.8 Å². The van der Waals surface area contributed by atoms with Crippen LogP contribution in [0.15, 0.2) is 34.4 Å². The molecule has 0 atom stereocenters. The van der Waals surface area contributed by atoms with Crippen LogP contribution in [0, 0.1) is 12.2 Å². The molecule has 22 heavy (non-hydrogen) atoms. The van der Waals surface area contributed by atoms with E-state index in [1.807, 2.05) is 0 Å². The van der Waals surface area contributed by atoms with Crippen molar-refractivity contribution in [2.75, 3.05) is 0 Å². The van der Waals surface area contributed by atoms with Crippen molar-refractivity contribution in [3.8, 4) is 0 Å². The van der Waals surface area contributed by atoms with Gasteiger partial charge in [0.25, 0.3) is 0 Å². The number of hydrogen-bond acceptors (Lipinski definition) is 0. The summed E-state index contributed by atoms with van der Waals surface area (Å²) in [5.41, 5.74) is 5.44. The SMILES string of the molecule is C1CC[SiH2]C1.CC1=[C-]CC(C)=C1.CC1=[C-]CC(C)=C1.[Cl-].[Cl-].[Zr+4]. The number of rotatable bonds is 0. The summed E-state index contributed by atoms with van der Waals surface area (Å²) in [4.78, 5) is 0.